The van der Waals surface area contributed by atoms with Crippen molar-refractivity contribution in [2.45, 2.75) is 38.4 Å². The van der Waals surface area contributed by atoms with E-state index < -0.39 is 5.79 Å². The first-order chi connectivity index (χ1) is 9.79. The van der Waals surface area contributed by atoms with Crippen molar-refractivity contribution in [3.63, 3.8) is 0 Å². The number of rotatable bonds is 5. The van der Waals surface area contributed by atoms with Gasteiger partial charge in [-0.1, -0.05) is 44.4 Å². The fourth-order valence-electron chi connectivity index (χ4n) is 3.00. The minimum Gasteiger partial charge on any atom is -0.336 e. The summed E-state index contributed by atoms with van der Waals surface area (Å²) in [7, 11) is 0. The summed E-state index contributed by atoms with van der Waals surface area (Å²) in [5.41, 5.74) is 1.80. The van der Waals surface area contributed by atoms with Crippen LogP contribution in [0.15, 0.2) is 24.3 Å². The first-order valence-electron chi connectivity index (χ1n) is 7.49. The highest BCUT2D eigenvalue weighted by Crippen LogP contribution is 2.45. The Labute approximate surface area is 119 Å². The Bertz CT molecular complexity index is 494. The fourth-order valence-corrected chi connectivity index (χ4v) is 3.00. The Morgan fingerprint density at radius 2 is 1.90 bits per heavy atom. The predicted octanol–water partition coefficient (Wildman–Crippen LogP) is 2.81. The summed E-state index contributed by atoms with van der Waals surface area (Å²) >= 11 is 0. The van der Waals surface area contributed by atoms with E-state index in [-0.39, 0.29) is 5.91 Å². The van der Waals surface area contributed by atoms with E-state index in [0.29, 0.717) is 13.2 Å². The van der Waals surface area contributed by atoms with Gasteiger partial charge < -0.3 is 14.4 Å². The molecule has 0 radical (unpaired) electrons. The molecule has 1 fully saturated rings. The number of amides is 1. The molecule has 2 aliphatic rings. The first-order valence-corrected chi connectivity index (χ1v) is 7.49. The molecule has 1 aromatic rings. The van der Waals surface area contributed by atoms with Crippen LogP contribution in [0.2, 0.25) is 0 Å². The molecular formula is C16H21NO3. The zero-order valence-electron chi connectivity index (χ0n) is 11.9. The van der Waals surface area contributed by atoms with Crippen molar-refractivity contribution in [3.8, 4) is 0 Å². The maximum atomic E-state index is 12.7. The van der Waals surface area contributed by atoms with Crippen LogP contribution in [0.3, 0.4) is 0 Å². The molecule has 0 aromatic heterocycles. The zero-order chi connectivity index (χ0) is 14.0. The highest BCUT2D eigenvalue weighted by atomic mass is 16.7. The minimum absolute atomic E-state index is 0.0623. The van der Waals surface area contributed by atoms with Gasteiger partial charge >= 0.3 is 0 Å². The van der Waals surface area contributed by atoms with Crippen LogP contribution in [0.4, 0.5) is 5.69 Å². The van der Waals surface area contributed by atoms with Crippen molar-refractivity contribution in [2.24, 2.45) is 0 Å². The lowest BCUT2D eigenvalue weighted by molar-refractivity contribution is -0.180. The molecule has 0 aliphatic carbocycles. The lowest BCUT2D eigenvalue weighted by atomic mass is 10.1. The standard InChI is InChI=1S/C16H21NO3/c1-2-3-4-7-10-17-14-9-6-5-8-13(14)16(15(17)18)19-11-12-20-16/h5-6,8-9H,2-4,7,10-12H2,1H3. The third-order valence-electron chi connectivity index (χ3n) is 4.01. The number of fused-ring (bicyclic) bond motifs is 2. The van der Waals surface area contributed by atoms with Crippen LogP contribution in [0.5, 0.6) is 0 Å². The maximum absolute atomic E-state index is 12.7. The Balaban J connectivity index is 1.83. The fraction of sp³-hybridized carbons (Fsp3) is 0.562. The normalized spacial score (nSPS) is 19.9. The lowest BCUT2D eigenvalue weighted by Gasteiger charge is -2.22. The van der Waals surface area contributed by atoms with Gasteiger partial charge in [0.25, 0.3) is 11.7 Å². The van der Waals surface area contributed by atoms with Crippen LogP contribution >= 0.6 is 0 Å². The second kappa shape index (κ2) is 5.54. The Kier molecular flexibility index (Phi) is 3.76. The molecule has 0 N–H and O–H groups in total. The Morgan fingerprint density at radius 3 is 2.65 bits per heavy atom. The number of para-hydroxylation sites is 1. The van der Waals surface area contributed by atoms with E-state index in [9.17, 15) is 4.79 Å². The van der Waals surface area contributed by atoms with Crippen molar-refractivity contribution < 1.29 is 14.3 Å². The zero-order valence-corrected chi connectivity index (χ0v) is 11.9. The summed E-state index contributed by atoms with van der Waals surface area (Å²) in [6.07, 6.45) is 4.57. The molecule has 0 unspecified atom stereocenters. The van der Waals surface area contributed by atoms with E-state index in [4.69, 9.17) is 9.47 Å². The van der Waals surface area contributed by atoms with Crippen LogP contribution in [-0.2, 0) is 20.1 Å². The molecule has 1 saturated heterocycles. The van der Waals surface area contributed by atoms with Crippen LogP contribution < -0.4 is 4.90 Å². The van der Waals surface area contributed by atoms with Gasteiger partial charge in [0, 0.05) is 12.1 Å². The van der Waals surface area contributed by atoms with Gasteiger partial charge in [-0.05, 0) is 12.5 Å². The monoisotopic (exact) mass is 275 g/mol. The van der Waals surface area contributed by atoms with E-state index >= 15 is 0 Å². The van der Waals surface area contributed by atoms with Gasteiger partial charge in [0.2, 0.25) is 0 Å². The number of carbonyl (C=O) groups excluding carboxylic acids is 1. The topological polar surface area (TPSA) is 38.8 Å². The predicted molar refractivity (Wildman–Crippen MR) is 76.5 cm³/mol. The Morgan fingerprint density at radius 1 is 1.15 bits per heavy atom. The molecule has 1 aromatic carbocycles. The smallest absolute Gasteiger partial charge is 0.292 e. The molecule has 1 amide bonds. The number of nitrogens with zero attached hydrogens (tertiary/aromatic N) is 1. The van der Waals surface area contributed by atoms with E-state index in [1.165, 1.54) is 12.8 Å². The number of anilines is 1. The second-order valence-corrected chi connectivity index (χ2v) is 5.35. The third kappa shape index (κ3) is 2.03. The van der Waals surface area contributed by atoms with Crippen molar-refractivity contribution in [1.29, 1.82) is 0 Å². The number of benzene rings is 1. The molecule has 0 saturated carbocycles. The second-order valence-electron chi connectivity index (χ2n) is 5.35. The number of hydrogen-bond donors (Lipinski definition) is 0. The number of unbranched alkanes of at least 4 members (excludes halogenated alkanes) is 3. The highest BCUT2D eigenvalue weighted by molar-refractivity contribution is 6.06. The van der Waals surface area contributed by atoms with E-state index in [2.05, 4.69) is 6.92 Å². The molecule has 1 spiro atoms. The van der Waals surface area contributed by atoms with Gasteiger partial charge in [-0.25, -0.2) is 0 Å². The maximum Gasteiger partial charge on any atom is 0.292 e. The molecule has 0 atom stereocenters. The molecule has 108 valence electrons. The van der Waals surface area contributed by atoms with Crippen LogP contribution in [-0.4, -0.2) is 25.7 Å². The average molecular weight is 275 g/mol. The summed E-state index contributed by atoms with van der Waals surface area (Å²) in [5, 5.41) is 0. The van der Waals surface area contributed by atoms with Gasteiger partial charge in [0.15, 0.2) is 0 Å². The molecule has 20 heavy (non-hydrogen) atoms. The number of ether oxygens (including phenoxy) is 2. The minimum atomic E-state index is -1.17. The SMILES string of the molecule is CCCCCCN1C(=O)C2(OCCO2)c2ccccc21. The van der Waals surface area contributed by atoms with Gasteiger partial charge in [0.1, 0.15) is 0 Å². The largest absolute Gasteiger partial charge is 0.336 e. The summed E-state index contributed by atoms with van der Waals surface area (Å²) in [6, 6.07) is 7.80. The number of hydrogen-bond acceptors (Lipinski definition) is 3. The van der Waals surface area contributed by atoms with Crippen molar-refractivity contribution in [2.75, 3.05) is 24.7 Å². The number of carbonyl (C=O) groups is 1. The molecule has 0 bridgehead atoms. The highest BCUT2D eigenvalue weighted by Gasteiger charge is 2.55. The van der Waals surface area contributed by atoms with Gasteiger partial charge in [-0.15, -0.1) is 0 Å². The van der Waals surface area contributed by atoms with Crippen LogP contribution in [0.1, 0.15) is 38.2 Å². The average Bonchev–Trinajstić information content (AvgIpc) is 3.05. The van der Waals surface area contributed by atoms with E-state index in [0.717, 1.165) is 30.6 Å². The van der Waals surface area contributed by atoms with Crippen LogP contribution in [0, 0.1) is 0 Å². The third-order valence-corrected chi connectivity index (χ3v) is 4.01. The summed E-state index contributed by atoms with van der Waals surface area (Å²) < 4.78 is 11.4. The van der Waals surface area contributed by atoms with Gasteiger partial charge in [0.05, 0.1) is 18.9 Å². The van der Waals surface area contributed by atoms with E-state index in [1.54, 1.807) is 0 Å². The Hall–Kier alpha value is -1.39. The van der Waals surface area contributed by atoms with Crippen molar-refractivity contribution in [1.82, 2.24) is 0 Å². The van der Waals surface area contributed by atoms with Crippen molar-refractivity contribution >= 4 is 11.6 Å². The summed E-state index contributed by atoms with van der Waals surface area (Å²) in [6.45, 7) is 3.88. The molecule has 3 rings (SSSR count). The van der Waals surface area contributed by atoms with Crippen LogP contribution in [0.25, 0.3) is 0 Å². The quantitative estimate of drug-likeness (QED) is 0.776. The lowest BCUT2D eigenvalue weighted by Crippen LogP contribution is -2.41. The van der Waals surface area contributed by atoms with Gasteiger partial charge in [-0.3, -0.25) is 4.79 Å². The molecule has 4 nitrogen and oxygen atoms in total. The molecule has 4 heteroatoms. The van der Waals surface area contributed by atoms with Gasteiger partial charge in [-0.2, -0.15) is 0 Å². The molecule has 2 heterocycles. The molecular weight excluding hydrogens is 254 g/mol. The van der Waals surface area contributed by atoms with Crippen molar-refractivity contribution in [3.05, 3.63) is 29.8 Å². The van der Waals surface area contributed by atoms with E-state index in [1.807, 2.05) is 29.2 Å². The summed E-state index contributed by atoms with van der Waals surface area (Å²) in [4.78, 5) is 14.6. The summed E-state index contributed by atoms with van der Waals surface area (Å²) in [5.74, 6) is -1.23. The first kappa shape index (κ1) is 13.6. The molecule has 2 aliphatic heterocycles.